The van der Waals surface area contributed by atoms with Crippen LogP contribution in [0.4, 0.5) is 0 Å². The molecule has 1 rings (SSSR count). The van der Waals surface area contributed by atoms with Crippen molar-refractivity contribution in [1.29, 1.82) is 0 Å². The second kappa shape index (κ2) is 4.65. The van der Waals surface area contributed by atoms with Crippen molar-refractivity contribution in [2.24, 2.45) is 0 Å². The first-order chi connectivity index (χ1) is 7.21. The van der Waals surface area contributed by atoms with E-state index in [2.05, 4.69) is 0 Å². The SMILES string of the molecule is OC(O)c1cc(C(O)O)cc(S(O)(O)O)c1. The topological polar surface area (TPSA) is 142 Å². The molecule has 7 nitrogen and oxygen atoms in total. The van der Waals surface area contributed by atoms with Gasteiger partial charge in [-0.15, -0.1) is 0 Å². The highest BCUT2D eigenvalue weighted by Gasteiger charge is 2.20. The van der Waals surface area contributed by atoms with E-state index < -0.39 is 28.3 Å². The van der Waals surface area contributed by atoms with Crippen LogP contribution in [0.3, 0.4) is 0 Å². The molecule has 0 unspecified atom stereocenters. The van der Waals surface area contributed by atoms with E-state index in [1.165, 1.54) is 0 Å². The van der Waals surface area contributed by atoms with Gasteiger partial charge < -0.3 is 34.1 Å². The number of aliphatic hydroxyl groups is 4. The Balaban J connectivity index is 3.30. The molecule has 1 aromatic carbocycles. The lowest BCUT2D eigenvalue weighted by molar-refractivity contribution is -0.0477. The van der Waals surface area contributed by atoms with Crippen LogP contribution in [0.1, 0.15) is 23.7 Å². The first-order valence-electron chi connectivity index (χ1n) is 4.09. The predicted octanol–water partition coefficient (Wildman–Crippen LogP) is 0.235. The van der Waals surface area contributed by atoms with Crippen molar-refractivity contribution < 1.29 is 34.1 Å². The summed E-state index contributed by atoms with van der Waals surface area (Å²) in [5, 5.41) is 35.5. The van der Waals surface area contributed by atoms with E-state index in [-0.39, 0.29) is 11.1 Å². The highest BCUT2D eigenvalue weighted by Crippen LogP contribution is 2.44. The molecule has 0 aliphatic rings. The average molecular weight is 252 g/mol. The van der Waals surface area contributed by atoms with Crippen LogP contribution in [-0.2, 0) is 0 Å². The molecule has 0 aliphatic carbocycles. The fraction of sp³-hybridized carbons (Fsp3) is 0.250. The summed E-state index contributed by atoms with van der Waals surface area (Å²) in [5.41, 5.74) is -0.399. The Morgan fingerprint density at radius 2 is 1.12 bits per heavy atom. The fourth-order valence-corrected chi connectivity index (χ4v) is 1.69. The maximum Gasteiger partial charge on any atom is 0.178 e. The third kappa shape index (κ3) is 3.14. The monoisotopic (exact) mass is 252 g/mol. The molecule has 8 heteroatoms. The summed E-state index contributed by atoms with van der Waals surface area (Å²) in [6, 6.07) is 2.92. The van der Waals surface area contributed by atoms with E-state index in [0.29, 0.717) is 0 Å². The van der Waals surface area contributed by atoms with Crippen LogP contribution in [-0.4, -0.2) is 34.1 Å². The van der Waals surface area contributed by atoms with Crippen LogP contribution in [0, 0.1) is 0 Å². The number of aliphatic hydroxyl groups excluding tert-OH is 2. The smallest absolute Gasteiger partial charge is 0.178 e. The highest BCUT2D eigenvalue weighted by atomic mass is 32.3. The Bertz CT molecular complexity index is 345. The normalized spacial score (nSPS) is 13.6. The molecule has 0 saturated carbocycles. The summed E-state index contributed by atoms with van der Waals surface area (Å²) in [7, 11) is -4.06. The van der Waals surface area contributed by atoms with Gasteiger partial charge in [0.25, 0.3) is 0 Å². The molecule has 92 valence electrons. The van der Waals surface area contributed by atoms with Crippen molar-refractivity contribution in [3.8, 4) is 0 Å². The lowest BCUT2D eigenvalue weighted by Gasteiger charge is -2.21. The number of hydrogen-bond donors (Lipinski definition) is 7. The van der Waals surface area contributed by atoms with Gasteiger partial charge in [-0.3, -0.25) is 0 Å². The van der Waals surface area contributed by atoms with E-state index in [9.17, 15) is 0 Å². The Morgan fingerprint density at radius 1 is 0.750 bits per heavy atom. The van der Waals surface area contributed by atoms with Crippen LogP contribution >= 0.6 is 10.9 Å². The summed E-state index contributed by atoms with van der Waals surface area (Å²) < 4.78 is 26.9. The Kier molecular flexibility index (Phi) is 3.88. The molecule has 0 atom stereocenters. The van der Waals surface area contributed by atoms with Gasteiger partial charge in [0.05, 0.1) is 4.90 Å². The predicted molar refractivity (Wildman–Crippen MR) is 54.5 cm³/mol. The molecule has 0 heterocycles. The van der Waals surface area contributed by atoms with Gasteiger partial charge in [-0.1, -0.05) is 0 Å². The van der Waals surface area contributed by atoms with Crippen LogP contribution in [0.25, 0.3) is 0 Å². The summed E-state index contributed by atoms with van der Waals surface area (Å²) in [6.07, 6.45) is -3.86. The minimum Gasteiger partial charge on any atom is -0.364 e. The average Bonchev–Trinajstić information content (AvgIpc) is 2.15. The first-order valence-corrected chi connectivity index (χ1v) is 5.60. The largest absolute Gasteiger partial charge is 0.364 e. The van der Waals surface area contributed by atoms with Gasteiger partial charge in [-0.2, -0.15) is 0 Å². The standard InChI is InChI=1S/C8H12O7S/c9-7(10)4-1-5(8(11)12)3-6(2-4)16(13,14)15/h1-3,7-15H. The summed E-state index contributed by atoms with van der Waals surface area (Å²) in [4.78, 5) is -0.429. The molecule has 0 fully saturated rings. The second-order valence-electron chi connectivity index (χ2n) is 3.10. The second-order valence-corrected chi connectivity index (χ2v) is 4.61. The highest BCUT2D eigenvalue weighted by molar-refractivity contribution is 8.19. The van der Waals surface area contributed by atoms with Crippen molar-refractivity contribution in [2.75, 3.05) is 0 Å². The zero-order valence-corrected chi connectivity index (χ0v) is 8.74. The molecule has 0 radical (unpaired) electrons. The minimum absolute atomic E-state index is 0.199. The van der Waals surface area contributed by atoms with Crippen molar-refractivity contribution in [1.82, 2.24) is 0 Å². The number of hydrogen-bond acceptors (Lipinski definition) is 7. The van der Waals surface area contributed by atoms with Gasteiger partial charge in [0.15, 0.2) is 12.6 Å². The zero-order valence-electron chi connectivity index (χ0n) is 7.93. The first kappa shape index (κ1) is 13.4. The number of rotatable bonds is 3. The minimum atomic E-state index is -4.06. The molecular weight excluding hydrogens is 240 g/mol. The Hall–Kier alpha value is -0.710. The maximum atomic E-state index is 8.97. The lowest BCUT2D eigenvalue weighted by Crippen LogP contribution is -2.04. The van der Waals surface area contributed by atoms with Gasteiger partial charge in [0.1, 0.15) is 10.9 Å². The van der Waals surface area contributed by atoms with E-state index in [4.69, 9.17) is 34.1 Å². The molecule has 0 saturated heterocycles. The van der Waals surface area contributed by atoms with Crippen LogP contribution in [0.15, 0.2) is 23.1 Å². The fourth-order valence-electron chi connectivity index (χ4n) is 1.10. The van der Waals surface area contributed by atoms with Crippen molar-refractivity contribution in [3.05, 3.63) is 29.3 Å². The van der Waals surface area contributed by atoms with Crippen molar-refractivity contribution in [2.45, 2.75) is 17.5 Å². The van der Waals surface area contributed by atoms with Gasteiger partial charge in [-0.05, 0) is 18.2 Å². The molecule has 0 aliphatic heterocycles. The molecule has 0 aromatic heterocycles. The summed E-state index contributed by atoms with van der Waals surface area (Å²) in [5.74, 6) is 0. The van der Waals surface area contributed by atoms with E-state index in [1.807, 2.05) is 0 Å². The quantitative estimate of drug-likeness (QED) is 0.382. The van der Waals surface area contributed by atoms with Crippen LogP contribution < -0.4 is 0 Å². The lowest BCUT2D eigenvalue weighted by atomic mass is 10.1. The molecule has 1 aromatic rings. The van der Waals surface area contributed by atoms with Crippen molar-refractivity contribution in [3.63, 3.8) is 0 Å². The maximum absolute atomic E-state index is 8.97. The molecule has 16 heavy (non-hydrogen) atoms. The van der Waals surface area contributed by atoms with Crippen molar-refractivity contribution >= 4 is 10.9 Å². The summed E-state index contributed by atoms with van der Waals surface area (Å²) in [6.45, 7) is 0. The van der Waals surface area contributed by atoms with Crippen LogP contribution in [0.5, 0.6) is 0 Å². The van der Waals surface area contributed by atoms with Gasteiger partial charge in [-0.25, -0.2) is 0 Å². The third-order valence-electron chi connectivity index (χ3n) is 1.86. The molecule has 7 N–H and O–H groups in total. The molecular formula is C8H12O7S. The molecule has 0 spiro atoms. The van der Waals surface area contributed by atoms with Crippen LogP contribution in [0.2, 0.25) is 0 Å². The van der Waals surface area contributed by atoms with E-state index in [0.717, 1.165) is 18.2 Å². The zero-order chi connectivity index (χ0) is 12.5. The Morgan fingerprint density at radius 3 is 1.38 bits per heavy atom. The van der Waals surface area contributed by atoms with Gasteiger partial charge in [0, 0.05) is 11.1 Å². The Labute approximate surface area is 92.4 Å². The number of benzene rings is 1. The third-order valence-corrected chi connectivity index (χ3v) is 2.73. The van der Waals surface area contributed by atoms with E-state index in [1.54, 1.807) is 0 Å². The van der Waals surface area contributed by atoms with Gasteiger partial charge in [0.2, 0.25) is 0 Å². The summed E-state index contributed by atoms with van der Waals surface area (Å²) >= 11 is 0. The molecule has 0 bridgehead atoms. The van der Waals surface area contributed by atoms with E-state index >= 15 is 0 Å². The van der Waals surface area contributed by atoms with Gasteiger partial charge >= 0.3 is 0 Å². The molecule has 0 amide bonds.